The Bertz CT molecular complexity index is 616. The molecule has 1 heterocycles. The lowest BCUT2D eigenvalue weighted by Crippen LogP contribution is -2.11. The molecule has 4 heteroatoms. The number of furan rings is 1. The maximum absolute atomic E-state index is 11.7. The second-order valence-electron chi connectivity index (χ2n) is 5.11. The number of benzene rings is 1. The highest BCUT2D eigenvalue weighted by atomic mass is 16.4. The van der Waals surface area contributed by atoms with Gasteiger partial charge in [-0.25, -0.2) is 0 Å². The average molecular weight is 287 g/mol. The lowest BCUT2D eigenvalue weighted by atomic mass is 10.1. The highest BCUT2D eigenvalue weighted by Gasteiger charge is 2.09. The van der Waals surface area contributed by atoms with E-state index < -0.39 is 0 Å². The van der Waals surface area contributed by atoms with Crippen LogP contribution in [0.3, 0.4) is 0 Å². The van der Waals surface area contributed by atoms with Gasteiger partial charge in [0.15, 0.2) is 0 Å². The fourth-order valence-electron chi connectivity index (χ4n) is 2.19. The fraction of sp³-hybridized carbons (Fsp3) is 0.353. The second-order valence-corrected chi connectivity index (χ2v) is 5.11. The third-order valence-corrected chi connectivity index (χ3v) is 3.35. The summed E-state index contributed by atoms with van der Waals surface area (Å²) in [5.41, 5.74) is 2.77. The number of aliphatic hydroxyl groups is 1. The van der Waals surface area contributed by atoms with E-state index in [4.69, 9.17) is 9.52 Å². The highest BCUT2D eigenvalue weighted by Crippen LogP contribution is 2.27. The zero-order valence-corrected chi connectivity index (χ0v) is 12.5. The van der Waals surface area contributed by atoms with Gasteiger partial charge in [0.1, 0.15) is 18.1 Å². The van der Waals surface area contributed by atoms with Gasteiger partial charge in [0.2, 0.25) is 5.91 Å². The average Bonchev–Trinajstić information content (AvgIpc) is 2.94. The maximum Gasteiger partial charge on any atom is 0.224 e. The molecule has 0 atom stereocenters. The van der Waals surface area contributed by atoms with Gasteiger partial charge in [-0.2, -0.15) is 0 Å². The molecule has 0 radical (unpaired) electrons. The first kappa shape index (κ1) is 15.3. The van der Waals surface area contributed by atoms with Gasteiger partial charge in [-0.05, 0) is 49.2 Å². The molecule has 0 fully saturated rings. The van der Waals surface area contributed by atoms with E-state index in [9.17, 15) is 4.79 Å². The quantitative estimate of drug-likeness (QED) is 0.847. The number of carbonyl (C=O) groups is 1. The van der Waals surface area contributed by atoms with Gasteiger partial charge in [-0.1, -0.05) is 13.3 Å². The van der Waals surface area contributed by atoms with E-state index >= 15 is 0 Å². The lowest BCUT2D eigenvalue weighted by molar-refractivity contribution is -0.116. The predicted octanol–water partition coefficient (Wildman–Crippen LogP) is 3.88. The Morgan fingerprint density at radius 1 is 1.29 bits per heavy atom. The number of nitrogens with one attached hydrogen (secondary N) is 1. The Labute approximate surface area is 124 Å². The van der Waals surface area contributed by atoms with Crippen LogP contribution in [-0.4, -0.2) is 11.0 Å². The van der Waals surface area contributed by atoms with Gasteiger partial charge in [-0.3, -0.25) is 4.79 Å². The van der Waals surface area contributed by atoms with Gasteiger partial charge in [0.25, 0.3) is 0 Å². The van der Waals surface area contributed by atoms with Crippen molar-refractivity contribution in [1.29, 1.82) is 0 Å². The summed E-state index contributed by atoms with van der Waals surface area (Å²) in [6.07, 6.45) is 2.46. The molecule has 4 nitrogen and oxygen atoms in total. The minimum Gasteiger partial charge on any atom is -0.459 e. The van der Waals surface area contributed by atoms with Crippen LogP contribution in [-0.2, 0) is 11.4 Å². The Balaban J connectivity index is 2.12. The van der Waals surface area contributed by atoms with Crippen LogP contribution >= 0.6 is 0 Å². The van der Waals surface area contributed by atoms with Gasteiger partial charge in [0, 0.05) is 17.7 Å². The first-order valence-electron chi connectivity index (χ1n) is 7.24. The molecule has 0 aliphatic carbocycles. The lowest BCUT2D eigenvalue weighted by Gasteiger charge is -2.08. The number of hydrogen-bond acceptors (Lipinski definition) is 3. The van der Waals surface area contributed by atoms with E-state index in [0.29, 0.717) is 12.2 Å². The molecule has 2 rings (SSSR count). The molecular weight excluding hydrogens is 266 g/mol. The first-order chi connectivity index (χ1) is 10.1. The molecule has 0 aliphatic rings. The molecule has 0 saturated carbocycles. The molecule has 1 aromatic carbocycles. The summed E-state index contributed by atoms with van der Waals surface area (Å²) < 4.78 is 5.54. The SMILES string of the molecule is CCCCC(=O)Nc1ccc(-c2ccc(CO)o2)c(C)c1. The summed E-state index contributed by atoms with van der Waals surface area (Å²) >= 11 is 0. The molecule has 0 bridgehead atoms. The van der Waals surface area contributed by atoms with Crippen LogP contribution in [0.2, 0.25) is 0 Å². The van der Waals surface area contributed by atoms with Crippen molar-refractivity contribution in [3.63, 3.8) is 0 Å². The standard InChI is InChI=1S/C17H21NO3/c1-3-4-5-17(20)18-13-6-8-15(12(2)10-13)16-9-7-14(11-19)21-16/h6-10,19H,3-5,11H2,1-2H3,(H,18,20). The highest BCUT2D eigenvalue weighted by molar-refractivity contribution is 5.91. The van der Waals surface area contributed by atoms with Crippen molar-refractivity contribution in [1.82, 2.24) is 0 Å². The van der Waals surface area contributed by atoms with Crippen LogP contribution in [0.5, 0.6) is 0 Å². The zero-order valence-electron chi connectivity index (χ0n) is 12.5. The molecule has 0 spiro atoms. The summed E-state index contributed by atoms with van der Waals surface area (Å²) in [5.74, 6) is 1.31. The molecule has 0 unspecified atom stereocenters. The number of aryl methyl sites for hydroxylation is 1. The largest absolute Gasteiger partial charge is 0.459 e. The molecule has 112 valence electrons. The number of rotatable bonds is 6. The Morgan fingerprint density at radius 2 is 2.10 bits per heavy atom. The zero-order chi connectivity index (χ0) is 15.2. The van der Waals surface area contributed by atoms with E-state index in [1.54, 1.807) is 6.07 Å². The van der Waals surface area contributed by atoms with Crippen LogP contribution in [0.15, 0.2) is 34.7 Å². The van der Waals surface area contributed by atoms with Gasteiger partial charge in [-0.15, -0.1) is 0 Å². The van der Waals surface area contributed by atoms with Crippen LogP contribution in [0.4, 0.5) is 5.69 Å². The van der Waals surface area contributed by atoms with Crippen LogP contribution < -0.4 is 5.32 Å². The minimum atomic E-state index is -0.107. The van der Waals surface area contributed by atoms with E-state index in [1.165, 1.54) is 0 Å². The fourth-order valence-corrected chi connectivity index (χ4v) is 2.19. The van der Waals surface area contributed by atoms with Gasteiger partial charge < -0.3 is 14.8 Å². The summed E-state index contributed by atoms with van der Waals surface area (Å²) in [5, 5.41) is 11.9. The van der Waals surface area contributed by atoms with Crippen LogP contribution in [0.25, 0.3) is 11.3 Å². The van der Waals surface area contributed by atoms with E-state index in [0.717, 1.165) is 35.4 Å². The first-order valence-corrected chi connectivity index (χ1v) is 7.24. The second kappa shape index (κ2) is 7.09. The Kier molecular flexibility index (Phi) is 5.17. The van der Waals surface area contributed by atoms with Crippen molar-refractivity contribution < 1.29 is 14.3 Å². The van der Waals surface area contributed by atoms with Gasteiger partial charge in [0.05, 0.1) is 0 Å². The van der Waals surface area contributed by atoms with Crippen molar-refractivity contribution >= 4 is 11.6 Å². The molecule has 2 N–H and O–H groups in total. The monoisotopic (exact) mass is 287 g/mol. The van der Waals surface area contributed by atoms with E-state index in [-0.39, 0.29) is 12.5 Å². The smallest absolute Gasteiger partial charge is 0.224 e. The molecule has 0 aliphatic heterocycles. The van der Waals surface area contributed by atoms with Crippen molar-refractivity contribution in [3.8, 4) is 11.3 Å². The van der Waals surface area contributed by atoms with Crippen molar-refractivity contribution in [3.05, 3.63) is 41.7 Å². The Hall–Kier alpha value is -2.07. The number of hydrogen-bond donors (Lipinski definition) is 2. The number of amides is 1. The van der Waals surface area contributed by atoms with Crippen molar-refractivity contribution in [2.45, 2.75) is 39.7 Å². The summed E-state index contributed by atoms with van der Waals surface area (Å²) in [7, 11) is 0. The third-order valence-electron chi connectivity index (χ3n) is 3.35. The molecule has 21 heavy (non-hydrogen) atoms. The molecular formula is C17H21NO3. The maximum atomic E-state index is 11.7. The number of anilines is 1. The summed E-state index contributed by atoms with van der Waals surface area (Å²) in [4.78, 5) is 11.7. The van der Waals surface area contributed by atoms with Crippen LogP contribution in [0.1, 0.15) is 37.5 Å². The van der Waals surface area contributed by atoms with E-state index in [2.05, 4.69) is 12.2 Å². The van der Waals surface area contributed by atoms with Gasteiger partial charge >= 0.3 is 0 Å². The number of aliphatic hydroxyl groups excluding tert-OH is 1. The van der Waals surface area contributed by atoms with Crippen molar-refractivity contribution in [2.24, 2.45) is 0 Å². The van der Waals surface area contributed by atoms with Crippen LogP contribution in [0, 0.1) is 6.92 Å². The minimum absolute atomic E-state index is 0.0459. The molecule has 2 aromatic rings. The Morgan fingerprint density at radius 3 is 2.71 bits per heavy atom. The number of unbranched alkanes of at least 4 members (excludes halogenated alkanes) is 1. The molecule has 1 aromatic heterocycles. The predicted molar refractivity (Wildman–Crippen MR) is 83.0 cm³/mol. The van der Waals surface area contributed by atoms with E-state index in [1.807, 2.05) is 31.2 Å². The summed E-state index contributed by atoms with van der Waals surface area (Å²) in [6.45, 7) is 3.93. The number of carbonyl (C=O) groups excluding carboxylic acids is 1. The topological polar surface area (TPSA) is 62.5 Å². The van der Waals surface area contributed by atoms with Crippen molar-refractivity contribution in [2.75, 3.05) is 5.32 Å². The normalized spacial score (nSPS) is 10.6. The summed E-state index contributed by atoms with van der Waals surface area (Å²) in [6, 6.07) is 9.32. The third kappa shape index (κ3) is 3.95. The molecule has 0 saturated heterocycles. The molecule has 1 amide bonds.